The van der Waals surface area contributed by atoms with Crippen molar-refractivity contribution in [3.8, 4) is 0 Å². The van der Waals surface area contributed by atoms with Crippen LogP contribution in [0.4, 0.5) is 0 Å². The Morgan fingerprint density at radius 2 is 1.92 bits per heavy atom. The van der Waals surface area contributed by atoms with Crippen LogP contribution in [0.25, 0.3) is 0 Å². The van der Waals surface area contributed by atoms with Crippen molar-refractivity contribution in [2.75, 3.05) is 13.2 Å². The lowest BCUT2D eigenvalue weighted by atomic mass is 10.2. The third-order valence-corrected chi connectivity index (χ3v) is 1.69. The Hall–Kier alpha value is -1.18. The molecule has 2 heteroatoms. The molecule has 1 aliphatic rings. The van der Waals surface area contributed by atoms with Gasteiger partial charge in [0.05, 0.1) is 13.2 Å². The molecular formula is C11H16O2. The van der Waals surface area contributed by atoms with E-state index in [9.17, 15) is 0 Å². The normalized spacial score (nSPS) is 23.5. The molecule has 1 rings (SSSR count). The van der Waals surface area contributed by atoms with Gasteiger partial charge in [0.2, 0.25) is 0 Å². The van der Waals surface area contributed by atoms with Crippen molar-refractivity contribution < 1.29 is 9.47 Å². The molecule has 0 N–H and O–H groups in total. The minimum Gasteiger partial charge on any atom is -0.490 e. The summed E-state index contributed by atoms with van der Waals surface area (Å²) in [6, 6.07) is 0. The van der Waals surface area contributed by atoms with Gasteiger partial charge in [0, 0.05) is 6.42 Å². The van der Waals surface area contributed by atoms with Crippen LogP contribution in [0.2, 0.25) is 0 Å². The molecule has 1 aliphatic heterocycles. The average Bonchev–Trinajstić information content (AvgIpc) is 2.28. The monoisotopic (exact) mass is 180 g/mol. The average molecular weight is 180 g/mol. The summed E-state index contributed by atoms with van der Waals surface area (Å²) in [7, 11) is 0. The lowest BCUT2D eigenvalue weighted by Gasteiger charge is -2.08. The summed E-state index contributed by atoms with van der Waals surface area (Å²) in [5.74, 6) is 1.62. The highest BCUT2D eigenvalue weighted by Gasteiger charge is 2.10. The summed E-state index contributed by atoms with van der Waals surface area (Å²) in [5.41, 5.74) is 0.972. The summed E-state index contributed by atoms with van der Waals surface area (Å²) < 4.78 is 11.0. The molecule has 0 aromatic heterocycles. The van der Waals surface area contributed by atoms with Crippen LogP contribution in [0.1, 0.15) is 20.3 Å². The Balaban J connectivity index is 2.83. The van der Waals surface area contributed by atoms with Gasteiger partial charge in [-0.15, -0.1) is 0 Å². The lowest BCUT2D eigenvalue weighted by molar-refractivity contribution is 0.219. The second kappa shape index (κ2) is 4.75. The maximum atomic E-state index is 5.52. The number of hydrogen-bond donors (Lipinski definition) is 0. The first-order chi connectivity index (χ1) is 6.24. The van der Waals surface area contributed by atoms with E-state index < -0.39 is 0 Å². The van der Waals surface area contributed by atoms with Crippen molar-refractivity contribution in [3.05, 3.63) is 35.8 Å². The summed E-state index contributed by atoms with van der Waals surface area (Å²) in [6.07, 6.45) is 4.76. The fraction of sp³-hybridized carbons (Fsp3) is 0.455. The van der Waals surface area contributed by atoms with Crippen molar-refractivity contribution in [2.24, 2.45) is 0 Å². The molecule has 1 heterocycles. The van der Waals surface area contributed by atoms with Crippen LogP contribution in [-0.2, 0) is 9.47 Å². The van der Waals surface area contributed by atoms with Crippen LogP contribution in [0.5, 0.6) is 0 Å². The standard InChI is InChI=1S/C11H16O2/c1-4-10-11(8-9(2)3)13-7-5-6-12-10/h4,8H,2,5-7H2,1,3H3/b10-4+,11-8+. The highest BCUT2D eigenvalue weighted by molar-refractivity contribution is 5.27. The van der Waals surface area contributed by atoms with Gasteiger partial charge in [-0.1, -0.05) is 12.2 Å². The van der Waals surface area contributed by atoms with Crippen LogP contribution < -0.4 is 0 Å². The smallest absolute Gasteiger partial charge is 0.161 e. The minimum absolute atomic E-state index is 0.719. The van der Waals surface area contributed by atoms with Gasteiger partial charge >= 0.3 is 0 Å². The highest BCUT2D eigenvalue weighted by atomic mass is 16.5. The molecule has 0 aliphatic carbocycles. The van der Waals surface area contributed by atoms with Crippen molar-refractivity contribution >= 4 is 0 Å². The highest BCUT2D eigenvalue weighted by Crippen LogP contribution is 2.18. The minimum atomic E-state index is 0.719. The van der Waals surface area contributed by atoms with Gasteiger partial charge in [-0.2, -0.15) is 0 Å². The largest absolute Gasteiger partial charge is 0.490 e. The fourth-order valence-electron chi connectivity index (χ4n) is 1.13. The molecule has 0 aromatic rings. The van der Waals surface area contributed by atoms with Gasteiger partial charge in [0.25, 0.3) is 0 Å². The van der Waals surface area contributed by atoms with Gasteiger partial charge in [-0.05, 0) is 26.0 Å². The van der Waals surface area contributed by atoms with Crippen LogP contribution in [0.15, 0.2) is 35.8 Å². The quantitative estimate of drug-likeness (QED) is 0.617. The zero-order chi connectivity index (χ0) is 9.68. The zero-order valence-electron chi connectivity index (χ0n) is 8.30. The molecule has 0 amide bonds. The molecule has 0 radical (unpaired) electrons. The number of rotatable bonds is 1. The number of ether oxygens (including phenoxy) is 2. The maximum Gasteiger partial charge on any atom is 0.161 e. The molecule has 0 bridgehead atoms. The second-order valence-corrected chi connectivity index (χ2v) is 3.06. The van der Waals surface area contributed by atoms with Crippen molar-refractivity contribution in [1.82, 2.24) is 0 Å². The molecule has 0 aromatic carbocycles. The first kappa shape index (κ1) is 9.90. The van der Waals surface area contributed by atoms with E-state index in [-0.39, 0.29) is 0 Å². The van der Waals surface area contributed by atoms with Gasteiger partial charge in [0.1, 0.15) is 0 Å². The maximum absolute atomic E-state index is 5.52. The summed E-state index contributed by atoms with van der Waals surface area (Å²) >= 11 is 0. The van der Waals surface area contributed by atoms with E-state index in [1.165, 1.54) is 0 Å². The molecule has 0 unspecified atom stereocenters. The lowest BCUT2D eigenvalue weighted by Crippen LogP contribution is -1.95. The topological polar surface area (TPSA) is 18.5 Å². The van der Waals surface area contributed by atoms with Crippen molar-refractivity contribution in [1.29, 1.82) is 0 Å². The van der Waals surface area contributed by atoms with E-state index in [1.807, 2.05) is 26.0 Å². The molecule has 1 saturated heterocycles. The first-order valence-corrected chi connectivity index (χ1v) is 4.53. The SMILES string of the molecule is C=C(C)/C=C1/OCCCO/C1=C/C. The van der Waals surface area contributed by atoms with E-state index in [0.717, 1.165) is 36.7 Å². The van der Waals surface area contributed by atoms with E-state index in [0.29, 0.717) is 0 Å². The van der Waals surface area contributed by atoms with E-state index >= 15 is 0 Å². The van der Waals surface area contributed by atoms with Crippen LogP contribution >= 0.6 is 0 Å². The predicted molar refractivity (Wildman–Crippen MR) is 53.2 cm³/mol. The van der Waals surface area contributed by atoms with E-state index in [4.69, 9.17) is 9.47 Å². The van der Waals surface area contributed by atoms with Crippen LogP contribution in [-0.4, -0.2) is 13.2 Å². The number of hydrogen-bond acceptors (Lipinski definition) is 2. The zero-order valence-corrected chi connectivity index (χ0v) is 8.30. The molecule has 72 valence electrons. The third kappa shape index (κ3) is 2.98. The van der Waals surface area contributed by atoms with E-state index in [1.54, 1.807) is 0 Å². The van der Waals surface area contributed by atoms with Crippen LogP contribution in [0.3, 0.4) is 0 Å². The molecule has 0 saturated carbocycles. The van der Waals surface area contributed by atoms with Gasteiger partial charge in [0.15, 0.2) is 11.5 Å². The Labute approximate surface area is 79.5 Å². The first-order valence-electron chi connectivity index (χ1n) is 4.53. The fourth-order valence-corrected chi connectivity index (χ4v) is 1.13. The van der Waals surface area contributed by atoms with Crippen LogP contribution in [0, 0.1) is 0 Å². The molecule has 13 heavy (non-hydrogen) atoms. The summed E-state index contributed by atoms with van der Waals surface area (Å²) in [5, 5.41) is 0. The molecular weight excluding hydrogens is 164 g/mol. The molecule has 0 atom stereocenters. The predicted octanol–water partition coefficient (Wildman–Crippen LogP) is 2.79. The molecule has 0 spiro atoms. The van der Waals surface area contributed by atoms with Gasteiger partial charge < -0.3 is 9.47 Å². The van der Waals surface area contributed by atoms with Gasteiger partial charge in [-0.25, -0.2) is 0 Å². The molecule has 1 fully saturated rings. The Morgan fingerprint density at radius 3 is 2.46 bits per heavy atom. The molecule has 2 nitrogen and oxygen atoms in total. The summed E-state index contributed by atoms with van der Waals surface area (Å²) in [4.78, 5) is 0. The van der Waals surface area contributed by atoms with Crippen molar-refractivity contribution in [2.45, 2.75) is 20.3 Å². The Kier molecular flexibility index (Phi) is 3.62. The van der Waals surface area contributed by atoms with E-state index in [2.05, 4.69) is 6.58 Å². The Bertz CT molecular complexity index is 249. The summed E-state index contributed by atoms with van der Waals surface area (Å²) in [6.45, 7) is 9.14. The third-order valence-electron chi connectivity index (χ3n) is 1.69. The van der Waals surface area contributed by atoms with Crippen molar-refractivity contribution in [3.63, 3.8) is 0 Å². The number of allylic oxidation sites excluding steroid dienone is 3. The van der Waals surface area contributed by atoms with Gasteiger partial charge in [-0.3, -0.25) is 0 Å². The Morgan fingerprint density at radius 1 is 1.31 bits per heavy atom. The second-order valence-electron chi connectivity index (χ2n) is 3.06.